The van der Waals surface area contributed by atoms with Crippen LogP contribution in [-0.2, 0) is 13.0 Å². The molecule has 0 unspecified atom stereocenters. The Morgan fingerprint density at radius 2 is 2.46 bits per heavy atom. The van der Waals surface area contributed by atoms with Crippen LogP contribution in [0.5, 0.6) is 0 Å². The molecule has 0 spiro atoms. The molecule has 1 aliphatic rings. The number of nitrogen functional groups attached to an aromatic ring is 1. The third kappa shape index (κ3) is 1.21. The quantitative estimate of drug-likeness (QED) is 0.578. The molecule has 13 heavy (non-hydrogen) atoms. The summed E-state index contributed by atoms with van der Waals surface area (Å²) < 4.78 is 1.28. The number of anilines is 1. The van der Waals surface area contributed by atoms with Crippen LogP contribution in [0.15, 0.2) is 0 Å². The second-order valence-corrected chi connectivity index (χ2v) is 3.17. The van der Waals surface area contributed by atoms with Crippen LogP contribution in [0.1, 0.15) is 23.0 Å². The van der Waals surface area contributed by atoms with Crippen molar-refractivity contribution in [1.82, 2.24) is 15.1 Å². The van der Waals surface area contributed by atoms with Gasteiger partial charge in [0.05, 0.1) is 5.69 Å². The highest BCUT2D eigenvalue weighted by Crippen LogP contribution is 2.19. The van der Waals surface area contributed by atoms with Crippen molar-refractivity contribution in [3.8, 4) is 0 Å². The van der Waals surface area contributed by atoms with E-state index in [4.69, 9.17) is 5.73 Å². The molecule has 5 nitrogen and oxygen atoms in total. The molecule has 0 saturated heterocycles. The first-order chi connectivity index (χ1) is 6.20. The van der Waals surface area contributed by atoms with E-state index in [0.29, 0.717) is 12.4 Å². The van der Waals surface area contributed by atoms with E-state index in [9.17, 15) is 4.79 Å². The van der Waals surface area contributed by atoms with Crippen molar-refractivity contribution in [1.29, 1.82) is 0 Å². The standard InChI is InChI=1S/C8H12N4O/c1-5(13)12-8(9)6-2-3-10-4-7(6)11-12/h10H,2-4,9H2,1H3. The minimum absolute atomic E-state index is 0.132. The van der Waals surface area contributed by atoms with E-state index < -0.39 is 0 Å². The normalized spacial score (nSPS) is 15.5. The molecule has 70 valence electrons. The minimum atomic E-state index is -0.132. The first-order valence-electron chi connectivity index (χ1n) is 4.28. The van der Waals surface area contributed by atoms with Gasteiger partial charge in [-0.3, -0.25) is 4.79 Å². The Morgan fingerprint density at radius 1 is 1.69 bits per heavy atom. The van der Waals surface area contributed by atoms with Gasteiger partial charge < -0.3 is 11.1 Å². The zero-order chi connectivity index (χ0) is 9.42. The maximum absolute atomic E-state index is 11.1. The van der Waals surface area contributed by atoms with Crippen LogP contribution >= 0.6 is 0 Å². The second kappa shape index (κ2) is 2.85. The van der Waals surface area contributed by atoms with Crippen LogP contribution in [0, 0.1) is 0 Å². The molecule has 1 aliphatic heterocycles. The molecule has 0 aromatic carbocycles. The molecule has 2 rings (SSSR count). The van der Waals surface area contributed by atoms with Gasteiger partial charge in [-0.15, -0.1) is 0 Å². The van der Waals surface area contributed by atoms with Crippen molar-refractivity contribution in [2.24, 2.45) is 0 Å². The Bertz CT molecular complexity index is 355. The number of hydrogen-bond donors (Lipinski definition) is 2. The first-order valence-corrected chi connectivity index (χ1v) is 4.28. The lowest BCUT2D eigenvalue weighted by molar-refractivity contribution is 0.0923. The van der Waals surface area contributed by atoms with Crippen LogP contribution in [-0.4, -0.2) is 22.2 Å². The number of aromatic nitrogens is 2. The summed E-state index contributed by atoms with van der Waals surface area (Å²) in [4.78, 5) is 11.1. The van der Waals surface area contributed by atoms with Crippen LogP contribution in [0.25, 0.3) is 0 Å². The molecule has 0 bridgehead atoms. The van der Waals surface area contributed by atoms with Crippen LogP contribution < -0.4 is 11.1 Å². The van der Waals surface area contributed by atoms with Crippen LogP contribution in [0.2, 0.25) is 0 Å². The summed E-state index contributed by atoms with van der Waals surface area (Å²) in [6.45, 7) is 3.07. The van der Waals surface area contributed by atoms with Gasteiger partial charge in [0.2, 0.25) is 5.91 Å². The van der Waals surface area contributed by atoms with Gasteiger partial charge in [0.1, 0.15) is 5.82 Å². The number of carbonyl (C=O) groups is 1. The highest BCUT2D eigenvalue weighted by Gasteiger charge is 2.19. The largest absolute Gasteiger partial charge is 0.383 e. The zero-order valence-corrected chi connectivity index (χ0v) is 7.50. The number of carbonyl (C=O) groups excluding carboxylic acids is 1. The SMILES string of the molecule is CC(=O)n1nc2c(c1N)CCNC2. The van der Waals surface area contributed by atoms with Gasteiger partial charge in [-0.1, -0.05) is 0 Å². The predicted octanol–water partition coefficient (Wildman–Crippen LogP) is -0.229. The Morgan fingerprint density at radius 3 is 3.08 bits per heavy atom. The monoisotopic (exact) mass is 180 g/mol. The highest BCUT2D eigenvalue weighted by molar-refractivity contribution is 5.79. The van der Waals surface area contributed by atoms with Crippen molar-refractivity contribution in [2.75, 3.05) is 12.3 Å². The number of hydrogen-bond acceptors (Lipinski definition) is 4. The number of nitrogens with two attached hydrogens (primary N) is 1. The molecule has 0 radical (unpaired) electrons. The zero-order valence-electron chi connectivity index (χ0n) is 7.50. The maximum atomic E-state index is 11.1. The number of fused-ring (bicyclic) bond motifs is 1. The van der Waals surface area contributed by atoms with E-state index in [1.807, 2.05) is 0 Å². The number of rotatable bonds is 0. The lowest BCUT2D eigenvalue weighted by atomic mass is 10.1. The molecule has 5 heteroatoms. The maximum Gasteiger partial charge on any atom is 0.245 e. The van der Waals surface area contributed by atoms with Crippen molar-refractivity contribution in [2.45, 2.75) is 19.9 Å². The number of nitrogens with zero attached hydrogens (tertiary/aromatic N) is 2. The molecule has 1 aromatic rings. The fourth-order valence-electron chi connectivity index (χ4n) is 1.59. The number of nitrogens with one attached hydrogen (secondary N) is 1. The van der Waals surface area contributed by atoms with Crippen molar-refractivity contribution < 1.29 is 4.79 Å². The van der Waals surface area contributed by atoms with Gasteiger partial charge >= 0.3 is 0 Å². The Hall–Kier alpha value is -1.36. The molecular formula is C8H12N4O. The Labute approximate surface area is 75.9 Å². The molecular weight excluding hydrogens is 168 g/mol. The van der Waals surface area contributed by atoms with E-state index in [-0.39, 0.29) is 5.91 Å². The van der Waals surface area contributed by atoms with E-state index in [1.54, 1.807) is 0 Å². The minimum Gasteiger partial charge on any atom is -0.383 e. The summed E-state index contributed by atoms with van der Waals surface area (Å²) >= 11 is 0. The third-order valence-electron chi connectivity index (χ3n) is 2.25. The molecule has 0 saturated carbocycles. The third-order valence-corrected chi connectivity index (χ3v) is 2.25. The summed E-state index contributed by atoms with van der Waals surface area (Å²) in [5, 5.41) is 7.31. The second-order valence-electron chi connectivity index (χ2n) is 3.17. The van der Waals surface area contributed by atoms with Gasteiger partial charge in [-0.05, 0) is 13.0 Å². The fraction of sp³-hybridized carbons (Fsp3) is 0.500. The molecule has 1 aromatic heterocycles. The highest BCUT2D eigenvalue weighted by atomic mass is 16.2. The van der Waals surface area contributed by atoms with Crippen LogP contribution in [0.3, 0.4) is 0 Å². The lowest BCUT2D eigenvalue weighted by Gasteiger charge is -2.10. The summed E-state index contributed by atoms with van der Waals surface area (Å²) in [6.07, 6.45) is 0.856. The summed E-state index contributed by atoms with van der Waals surface area (Å²) in [5.41, 5.74) is 7.70. The Kier molecular flexibility index (Phi) is 1.81. The average Bonchev–Trinajstić information content (AvgIpc) is 2.45. The first kappa shape index (κ1) is 8.25. The van der Waals surface area contributed by atoms with Gasteiger partial charge in [0.25, 0.3) is 0 Å². The van der Waals surface area contributed by atoms with Gasteiger partial charge in [-0.2, -0.15) is 9.78 Å². The van der Waals surface area contributed by atoms with Gasteiger partial charge in [0, 0.05) is 19.0 Å². The van der Waals surface area contributed by atoms with Gasteiger partial charge in [0.15, 0.2) is 0 Å². The van der Waals surface area contributed by atoms with E-state index >= 15 is 0 Å². The van der Waals surface area contributed by atoms with Gasteiger partial charge in [-0.25, -0.2) is 0 Å². The molecule has 0 atom stereocenters. The molecule has 0 aliphatic carbocycles. The van der Waals surface area contributed by atoms with E-state index in [2.05, 4.69) is 10.4 Å². The van der Waals surface area contributed by atoms with Crippen molar-refractivity contribution in [3.63, 3.8) is 0 Å². The van der Waals surface area contributed by atoms with Crippen molar-refractivity contribution in [3.05, 3.63) is 11.3 Å². The Balaban J connectivity index is 2.50. The molecule has 3 N–H and O–H groups in total. The average molecular weight is 180 g/mol. The fourth-order valence-corrected chi connectivity index (χ4v) is 1.59. The predicted molar refractivity (Wildman–Crippen MR) is 48.4 cm³/mol. The molecule has 0 fully saturated rings. The topological polar surface area (TPSA) is 72.9 Å². The molecule has 0 amide bonds. The van der Waals surface area contributed by atoms with Crippen LogP contribution in [0.4, 0.5) is 5.82 Å². The molecule has 2 heterocycles. The van der Waals surface area contributed by atoms with E-state index in [1.165, 1.54) is 11.6 Å². The summed E-state index contributed by atoms with van der Waals surface area (Å²) in [7, 11) is 0. The lowest BCUT2D eigenvalue weighted by Crippen LogP contribution is -2.23. The van der Waals surface area contributed by atoms with Crippen molar-refractivity contribution >= 4 is 11.7 Å². The summed E-state index contributed by atoms with van der Waals surface area (Å²) in [5.74, 6) is 0.371. The van der Waals surface area contributed by atoms with E-state index in [0.717, 1.165) is 24.2 Å². The smallest absolute Gasteiger partial charge is 0.245 e. The summed E-state index contributed by atoms with van der Waals surface area (Å²) in [6, 6.07) is 0.